The van der Waals surface area contributed by atoms with Crippen molar-refractivity contribution in [2.75, 3.05) is 5.32 Å². The van der Waals surface area contributed by atoms with Crippen LogP contribution in [0.25, 0.3) is 11.4 Å². The highest BCUT2D eigenvalue weighted by Gasteiger charge is 2.32. The van der Waals surface area contributed by atoms with Gasteiger partial charge in [-0.2, -0.15) is 4.37 Å². The van der Waals surface area contributed by atoms with Crippen molar-refractivity contribution in [2.45, 2.75) is 19.4 Å². The maximum absolute atomic E-state index is 12.8. The molecular weight excluding hydrogens is 396 g/mol. The first-order chi connectivity index (χ1) is 13.6. The van der Waals surface area contributed by atoms with Crippen LogP contribution >= 0.6 is 23.1 Å². The second-order valence-corrected chi connectivity index (χ2v) is 7.73. The summed E-state index contributed by atoms with van der Waals surface area (Å²) in [7, 11) is 0. The van der Waals surface area contributed by atoms with Crippen molar-refractivity contribution in [1.29, 1.82) is 0 Å². The van der Waals surface area contributed by atoms with Crippen LogP contribution in [0.2, 0.25) is 5.02 Å². The summed E-state index contributed by atoms with van der Waals surface area (Å²) in [6, 6.07) is 12.7. The van der Waals surface area contributed by atoms with Crippen molar-refractivity contribution in [3.8, 4) is 11.4 Å². The molecule has 2 heterocycles. The number of carbonyl (C=O) groups excluding carboxylic acids is 2. The molecule has 6 nitrogen and oxygen atoms in total. The minimum absolute atomic E-state index is 0.0152. The number of aromatic nitrogens is 2. The molecule has 0 bridgehead atoms. The Balaban J connectivity index is 1.58. The lowest BCUT2D eigenvalue weighted by Gasteiger charge is -2.09. The summed E-state index contributed by atoms with van der Waals surface area (Å²) >= 11 is 6.94. The number of amides is 2. The third-order valence-electron chi connectivity index (χ3n) is 4.37. The number of nitrogens with one attached hydrogen (secondary N) is 2. The van der Waals surface area contributed by atoms with Gasteiger partial charge in [0.05, 0.1) is 11.4 Å². The fourth-order valence-electron chi connectivity index (χ4n) is 2.67. The molecule has 2 amide bonds. The lowest BCUT2D eigenvalue weighted by atomic mass is 10.2. The molecule has 0 radical (unpaired) electrons. The number of benzene rings is 1. The number of nitrogens with zero attached hydrogens (tertiary/aromatic N) is 2. The van der Waals surface area contributed by atoms with Crippen LogP contribution < -0.4 is 10.6 Å². The van der Waals surface area contributed by atoms with Crippen molar-refractivity contribution < 1.29 is 9.59 Å². The molecule has 2 N–H and O–H groups in total. The molecule has 142 valence electrons. The minimum Gasteiger partial charge on any atom is -0.347 e. The van der Waals surface area contributed by atoms with Crippen molar-refractivity contribution in [2.24, 2.45) is 5.92 Å². The molecule has 4 rings (SSSR count). The standard InChI is InChI=1S/C20H17ClN4O2S/c21-14-8-4-12(5-9-14)11-23-20(27)18-17(24-19(26)13-6-7-13)16(25-28-18)15-3-1-2-10-22-15/h1-5,8-10,13H,6-7,11H2,(H,23,27)(H,24,26). The molecule has 1 aliphatic carbocycles. The number of anilines is 1. The molecule has 1 aromatic carbocycles. The summed E-state index contributed by atoms with van der Waals surface area (Å²) < 4.78 is 4.39. The molecule has 1 saturated carbocycles. The summed E-state index contributed by atoms with van der Waals surface area (Å²) in [5.41, 5.74) is 2.47. The second-order valence-electron chi connectivity index (χ2n) is 6.52. The Morgan fingerprint density at radius 1 is 1.14 bits per heavy atom. The number of halogens is 1. The van der Waals surface area contributed by atoms with E-state index in [1.54, 1.807) is 30.5 Å². The van der Waals surface area contributed by atoms with Gasteiger partial charge < -0.3 is 10.6 Å². The highest BCUT2D eigenvalue weighted by atomic mass is 35.5. The fourth-order valence-corrected chi connectivity index (χ4v) is 3.56. The topological polar surface area (TPSA) is 84.0 Å². The summed E-state index contributed by atoms with van der Waals surface area (Å²) in [5, 5.41) is 6.41. The highest BCUT2D eigenvalue weighted by molar-refractivity contribution is 7.09. The van der Waals surface area contributed by atoms with Crippen LogP contribution in [0.4, 0.5) is 5.69 Å². The first kappa shape index (κ1) is 18.6. The zero-order valence-corrected chi connectivity index (χ0v) is 16.4. The van der Waals surface area contributed by atoms with Crippen molar-refractivity contribution in [1.82, 2.24) is 14.7 Å². The molecule has 0 atom stereocenters. The Morgan fingerprint density at radius 2 is 1.93 bits per heavy atom. The zero-order chi connectivity index (χ0) is 19.5. The van der Waals surface area contributed by atoms with E-state index in [-0.39, 0.29) is 17.7 Å². The van der Waals surface area contributed by atoms with E-state index in [0.29, 0.717) is 33.5 Å². The quantitative estimate of drug-likeness (QED) is 0.637. The molecule has 3 aromatic rings. The maximum Gasteiger partial charge on any atom is 0.265 e. The molecule has 0 spiro atoms. The Labute approximate surface area is 171 Å². The van der Waals surface area contributed by atoms with Gasteiger partial charge in [-0.05, 0) is 54.2 Å². The van der Waals surface area contributed by atoms with Crippen LogP contribution in [-0.2, 0) is 11.3 Å². The average molecular weight is 413 g/mol. The van der Waals surface area contributed by atoms with Crippen LogP contribution in [0.3, 0.4) is 0 Å². The molecule has 0 saturated heterocycles. The molecule has 2 aromatic heterocycles. The van der Waals surface area contributed by atoms with Gasteiger partial charge >= 0.3 is 0 Å². The molecular formula is C20H17ClN4O2S. The number of rotatable bonds is 6. The van der Waals surface area contributed by atoms with Gasteiger partial charge in [0.2, 0.25) is 5.91 Å². The number of hydrogen-bond donors (Lipinski definition) is 2. The first-order valence-corrected chi connectivity index (χ1v) is 10.0. The van der Waals surface area contributed by atoms with E-state index in [9.17, 15) is 9.59 Å². The minimum atomic E-state index is -0.291. The van der Waals surface area contributed by atoms with Crippen LogP contribution in [0.15, 0.2) is 48.7 Å². The Kier molecular flexibility index (Phi) is 5.36. The molecule has 1 fully saturated rings. The molecule has 8 heteroatoms. The van der Waals surface area contributed by atoms with E-state index < -0.39 is 0 Å². The Bertz CT molecular complexity index is 1000. The molecule has 28 heavy (non-hydrogen) atoms. The Morgan fingerprint density at radius 3 is 2.61 bits per heavy atom. The van der Waals surface area contributed by atoms with E-state index >= 15 is 0 Å². The molecule has 0 aliphatic heterocycles. The fraction of sp³-hybridized carbons (Fsp3) is 0.200. The van der Waals surface area contributed by atoms with Gasteiger partial charge in [-0.25, -0.2) is 0 Å². The number of pyridine rings is 1. The van der Waals surface area contributed by atoms with Crippen molar-refractivity contribution >= 4 is 40.6 Å². The van der Waals surface area contributed by atoms with Gasteiger partial charge in [0.25, 0.3) is 5.91 Å². The average Bonchev–Trinajstić information content (AvgIpc) is 3.49. The van der Waals surface area contributed by atoms with Gasteiger partial charge in [-0.15, -0.1) is 0 Å². The van der Waals surface area contributed by atoms with Crippen LogP contribution in [0, 0.1) is 5.92 Å². The lowest BCUT2D eigenvalue weighted by Crippen LogP contribution is -2.24. The smallest absolute Gasteiger partial charge is 0.265 e. The van der Waals surface area contributed by atoms with E-state index in [0.717, 1.165) is 29.9 Å². The van der Waals surface area contributed by atoms with E-state index in [2.05, 4.69) is 20.0 Å². The van der Waals surface area contributed by atoms with Gasteiger partial charge in [-0.3, -0.25) is 14.6 Å². The van der Waals surface area contributed by atoms with Gasteiger partial charge in [0.15, 0.2) is 0 Å². The summed E-state index contributed by atoms with van der Waals surface area (Å²) in [4.78, 5) is 29.8. The SMILES string of the molecule is O=C(NCc1ccc(Cl)cc1)c1snc(-c2ccccn2)c1NC(=O)C1CC1. The van der Waals surface area contributed by atoms with E-state index in [1.165, 1.54) is 0 Å². The van der Waals surface area contributed by atoms with Crippen LogP contribution in [-0.4, -0.2) is 21.2 Å². The lowest BCUT2D eigenvalue weighted by molar-refractivity contribution is -0.117. The predicted molar refractivity (Wildman–Crippen MR) is 109 cm³/mol. The second kappa shape index (κ2) is 8.08. The predicted octanol–water partition coefficient (Wildman–Crippen LogP) is 4.14. The summed E-state index contributed by atoms with van der Waals surface area (Å²) in [6.45, 7) is 0.350. The van der Waals surface area contributed by atoms with Crippen molar-refractivity contribution in [3.63, 3.8) is 0 Å². The van der Waals surface area contributed by atoms with Crippen LogP contribution in [0.5, 0.6) is 0 Å². The van der Waals surface area contributed by atoms with E-state index in [4.69, 9.17) is 11.6 Å². The Hall–Kier alpha value is -2.77. The van der Waals surface area contributed by atoms with Gasteiger partial charge in [-0.1, -0.05) is 29.8 Å². The number of hydrogen-bond acceptors (Lipinski definition) is 5. The highest BCUT2D eigenvalue weighted by Crippen LogP contribution is 2.35. The largest absolute Gasteiger partial charge is 0.347 e. The van der Waals surface area contributed by atoms with Crippen molar-refractivity contribution in [3.05, 3.63) is 64.1 Å². The van der Waals surface area contributed by atoms with E-state index in [1.807, 2.05) is 18.2 Å². The monoisotopic (exact) mass is 412 g/mol. The van der Waals surface area contributed by atoms with Gasteiger partial charge in [0, 0.05) is 23.7 Å². The van der Waals surface area contributed by atoms with Gasteiger partial charge in [0.1, 0.15) is 10.6 Å². The molecule has 1 aliphatic rings. The summed E-state index contributed by atoms with van der Waals surface area (Å²) in [5.74, 6) is -0.355. The normalized spacial score (nSPS) is 13.2. The first-order valence-electron chi connectivity index (χ1n) is 8.86. The zero-order valence-electron chi connectivity index (χ0n) is 14.8. The van der Waals surface area contributed by atoms with Crippen LogP contribution in [0.1, 0.15) is 28.1 Å². The summed E-state index contributed by atoms with van der Waals surface area (Å²) in [6.07, 6.45) is 3.41. The molecule has 0 unspecified atom stereocenters. The third-order valence-corrected chi connectivity index (χ3v) is 5.47. The maximum atomic E-state index is 12.8. The third kappa shape index (κ3) is 4.21. The number of carbonyl (C=O) groups is 2.